The first kappa shape index (κ1) is 10.6. The molecule has 6 nitrogen and oxygen atoms in total. The predicted molar refractivity (Wildman–Crippen MR) is 62.9 cm³/mol. The van der Waals surface area contributed by atoms with E-state index in [0.29, 0.717) is 30.3 Å². The van der Waals surface area contributed by atoms with Gasteiger partial charge in [-0.25, -0.2) is 0 Å². The van der Waals surface area contributed by atoms with Crippen LogP contribution in [0.2, 0.25) is 0 Å². The zero-order valence-corrected chi connectivity index (χ0v) is 9.34. The summed E-state index contributed by atoms with van der Waals surface area (Å²) in [6.45, 7) is 1.01. The fourth-order valence-electron chi connectivity index (χ4n) is 1.77. The summed E-state index contributed by atoms with van der Waals surface area (Å²) >= 11 is 0. The number of aromatic nitrogens is 2. The average molecular weight is 246 g/mol. The minimum absolute atomic E-state index is 0.289. The van der Waals surface area contributed by atoms with Crippen LogP contribution in [0.3, 0.4) is 0 Å². The molecule has 1 aromatic carbocycles. The quantitative estimate of drug-likeness (QED) is 0.781. The summed E-state index contributed by atoms with van der Waals surface area (Å²) in [5.74, 6) is 1.23. The van der Waals surface area contributed by atoms with Crippen molar-refractivity contribution in [3.8, 4) is 28.8 Å². The molecule has 2 heterocycles. The van der Waals surface area contributed by atoms with Gasteiger partial charge in [0.05, 0.1) is 6.07 Å². The third-order valence-electron chi connectivity index (χ3n) is 2.54. The molecule has 2 N–H and O–H groups in total. The van der Waals surface area contributed by atoms with Crippen LogP contribution in [0, 0.1) is 0 Å². The molecule has 3 rings (SSSR count). The van der Waals surface area contributed by atoms with Gasteiger partial charge in [0.1, 0.15) is 19.0 Å². The zero-order chi connectivity index (χ0) is 12.5. The lowest BCUT2D eigenvalue weighted by atomic mass is 10.2. The van der Waals surface area contributed by atoms with Gasteiger partial charge < -0.3 is 19.6 Å². The molecule has 0 saturated heterocycles. The van der Waals surface area contributed by atoms with Gasteiger partial charge in [0.25, 0.3) is 5.56 Å². The molecule has 0 aliphatic carbocycles. The van der Waals surface area contributed by atoms with Crippen molar-refractivity contribution in [2.75, 3.05) is 13.2 Å². The van der Waals surface area contributed by atoms with E-state index in [1.165, 1.54) is 0 Å². The van der Waals surface area contributed by atoms with Crippen LogP contribution in [0.15, 0.2) is 29.1 Å². The topological polar surface area (TPSA) is 84.4 Å². The summed E-state index contributed by atoms with van der Waals surface area (Å²) in [6, 6.07) is 6.22. The van der Waals surface area contributed by atoms with E-state index in [4.69, 9.17) is 9.47 Å². The predicted octanol–water partition coefficient (Wildman–Crippen LogP) is 0.914. The van der Waals surface area contributed by atoms with Crippen molar-refractivity contribution < 1.29 is 14.6 Å². The van der Waals surface area contributed by atoms with Gasteiger partial charge in [-0.2, -0.15) is 4.98 Å². The third kappa shape index (κ3) is 1.88. The molecule has 0 bridgehead atoms. The van der Waals surface area contributed by atoms with Crippen LogP contribution in [0.5, 0.6) is 17.4 Å². The lowest BCUT2D eigenvalue weighted by Crippen LogP contribution is -2.15. The second kappa shape index (κ2) is 4.06. The molecule has 92 valence electrons. The van der Waals surface area contributed by atoms with Gasteiger partial charge in [0.15, 0.2) is 11.5 Å². The van der Waals surface area contributed by atoms with Crippen molar-refractivity contribution in [3.05, 3.63) is 34.6 Å². The fraction of sp³-hybridized carbons (Fsp3) is 0.167. The highest BCUT2D eigenvalue weighted by Crippen LogP contribution is 2.33. The van der Waals surface area contributed by atoms with Crippen molar-refractivity contribution in [1.29, 1.82) is 0 Å². The largest absolute Gasteiger partial charge is 0.493 e. The Morgan fingerprint density at radius 3 is 2.72 bits per heavy atom. The van der Waals surface area contributed by atoms with Crippen molar-refractivity contribution in [1.82, 2.24) is 9.97 Å². The van der Waals surface area contributed by atoms with Crippen molar-refractivity contribution >= 4 is 0 Å². The number of H-pyrrole nitrogens is 1. The molecule has 2 aromatic rings. The Balaban J connectivity index is 2.08. The van der Waals surface area contributed by atoms with Crippen molar-refractivity contribution in [2.24, 2.45) is 0 Å². The maximum Gasteiger partial charge on any atom is 0.254 e. The van der Waals surface area contributed by atoms with Gasteiger partial charge in [-0.05, 0) is 18.2 Å². The number of hydrogen-bond acceptors (Lipinski definition) is 5. The Morgan fingerprint density at radius 2 is 1.94 bits per heavy atom. The first-order chi connectivity index (χ1) is 8.72. The highest BCUT2D eigenvalue weighted by atomic mass is 16.6. The van der Waals surface area contributed by atoms with E-state index in [2.05, 4.69) is 9.97 Å². The molecule has 0 unspecified atom stereocenters. The van der Waals surface area contributed by atoms with Gasteiger partial charge in [-0.3, -0.25) is 4.79 Å². The number of nitrogens with zero attached hydrogens (tertiary/aromatic N) is 1. The van der Waals surface area contributed by atoms with E-state index in [1.54, 1.807) is 18.2 Å². The minimum atomic E-state index is -0.410. The summed E-state index contributed by atoms with van der Waals surface area (Å²) in [5, 5.41) is 9.31. The molecule has 6 heteroatoms. The minimum Gasteiger partial charge on any atom is -0.493 e. The normalized spacial score (nSPS) is 13.3. The maximum atomic E-state index is 11.3. The van der Waals surface area contributed by atoms with Gasteiger partial charge in [-0.1, -0.05) is 0 Å². The van der Waals surface area contributed by atoms with Crippen LogP contribution in [-0.2, 0) is 0 Å². The Labute approximate surface area is 102 Å². The van der Waals surface area contributed by atoms with Crippen LogP contribution >= 0.6 is 0 Å². The Morgan fingerprint density at radius 1 is 1.17 bits per heavy atom. The third-order valence-corrected chi connectivity index (χ3v) is 2.54. The van der Waals surface area contributed by atoms with Gasteiger partial charge >= 0.3 is 0 Å². The molecule has 1 aliphatic rings. The second-order valence-electron chi connectivity index (χ2n) is 3.81. The van der Waals surface area contributed by atoms with Crippen LogP contribution in [0.1, 0.15) is 0 Å². The second-order valence-corrected chi connectivity index (χ2v) is 3.81. The molecule has 18 heavy (non-hydrogen) atoms. The number of rotatable bonds is 1. The molecule has 0 spiro atoms. The molecular formula is C12H10N2O4. The smallest absolute Gasteiger partial charge is 0.254 e. The lowest BCUT2D eigenvalue weighted by Gasteiger charge is -2.18. The molecular weight excluding hydrogens is 236 g/mol. The number of benzene rings is 1. The van der Waals surface area contributed by atoms with E-state index in [9.17, 15) is 9.90 Å². The van der Waals surface area contributed by atoms with Crippen LogP contribution in [0.25, 0.3) is 11.4 Å². The Kier molecular flexibility index (Phi) is 2.40. The molecule has 0 radical (unpaired) electrons. The summed E-state index contributed by atoms with van der Waals surface area (Å²) in [4.78, 5) is 17.7. The van der Waals surface area contributed by atoms with Gasteiger partial charge in [0, 0.05) is 5.56 Å². The standard InChI is InChI=1S/C12H10N2O4/c15-10-6-11(16)14-12(13-10)7-1-2-8-9(5-7)18-4-3-17-8/h1-2,5-6H,3-4H2,(H2,13,14,15,16). The summed E-state index contributed by atoms with van der Waals surface area (Å²) < 4.78 is 10.8. The van der Waals surface area contributed by atoms with Crippen molar-refractivity contribution in [3.63, 3.8) is 0 Å². The highest BCUT2D eigenvalue weighted by Gasteiger charge is 2.13. The number of hydrogen-bond donors (Lipinski definition) is 2. The molecule has 0 atom stereocenters. The van der Waals surface area contributed by atoms with Crippen LogP contribution in [0.4, 0.5) is 0 Å². The van der Waals surface area contributed by atoms with E-state index in [0.717, 1.165) is 6.07 Å². The average Bonchev–Trinajstić information content (AvgIpc) is 2.37. The molecule has 0 saturated carbocycles. The molecule has 1 aliphatic heterocycles. The number of aromatic hydroxyl groups is 1. The summed E-state index contributed by atoms with van der Waals surface area (Å²) in [5.41, 5.74) is 0.236. The van der Waals surface area contributed by atoms with Crippen LogP contribution in [-0.4, -0.2) is 28.3 Å². The summed E-state index contributed by atoms with van der Waals surface area (Å²) in [6.07, 6.45) is 0. The number of fused-ring (bicyclic) bond motifs is 1. The zero-order valence-electron chi connectivity index (χ0n) is 9.34. The lowest BCUT2D eigenvalue weighted by molar-refractivity contribution is 0.171. The number of nitrogens with one attached hydrogen (secondary N) is 1. The summed E-state index contributed by atoms with van der Waals surface area (Å²) in [7, 11) is 0. The van der Waals surface area contributed by atoms with Gasteiger partial charge in [-0.15, -0.1) is 0 Å². The maximum absolute atomic E-state index is 11.3. The molecule has 0 amide bonds. The van der Waals surface area contributed by atoms with Gasteiger partial charge in [0.2, 0.25) is 5.88 Å². The number of aromatic amines is 1. The Bertz CT molecular complexity index is 651. The SMILES string of the molecule is O=c1cc(O)nc(-c2ccc3c(c2)OCCO3)[nH]1. The monoisotopic (exact) mass is 246 g/mol. The first-order valence-corrected chi connectivity index (χ1v) is 5.43. The van der Waals surface area contributed by atoms with E-state index >= 15 is 0 Å². The number of ether oxygens (including phenoxy) is 2. The molecule has 0 fully saturated rings. The van der Waals surface area contributed by atoms with E-state index in [-0.39, 0.29) is 11.7 Å². The van der Waals surface area contributed by atoms with Crippen molar-refractivity contribution in [2.45, 2.75) is 0 Å². The van der Waals surface area contributed by atoms with E-state index < -0.39 is 5.56 Å². The fourth-order valence-corrected chi connectivity index (χ4v) is 1.77. The highest BCUT2D eigenvalue weighted by molar-refractivity contribution is 5.61. The van der Waals surface area contributed by atoms with Crippen LogP contribution < -0.4 is 15.0 Å². The van der Waals surface area contributed by atoms with E-state index in [1.807, 2.05) is 0 Å². The Hall–Kier alpha value is -2.50. The molecule has 1 aromatic heterocycles. The first-order valence-electron chi connectivity index (χ1n) is 5.43.